The molecule has 1 atom stereocenters. The first-order chi connectivity index (χ1) is 6.32. The minimum absolute atomic E-state index is 0.207. The van der Waals surface area contributed by atoms with Crippen molar-refractivity contribution in [3.8, 4) is 0 Å². The Kier molecular flexibility index (Phi) is 2.76. The fourth-order valence-corrected chi connectivity index (χ4v) is 2.32. The molecule has 0 amide bonds. The molecule has 1 saturated heterocycles. The van der Waals surface area contributed by atoms with Crippen LogP contribution in [0.5, 0.6) is 0 Å². The Bertz CT molecular complexity index is 268. The van der Waals surface area contributed by atoms with Gasteiger partial charge < -0.3 is 5.21 Å². The van der Waals surface area contributed by atoms with E-state index in [9.17, 15) is 5.21 Å². The summed E-state index contributed by atoms with van der Waals surface area (Å²) in [5.41, 5.74) is 7.72. The van der Waals surface area contributed by atoms with E-state index in [2.05, 4.69) is 10.0 Å². The number of rotatable bonds is 2. The van der Waals surface area contributed by atoms with Crippen LogP contribution >= 0.6 is 0 Å². The summed E-state index contributed by atoms with van der Waals surface area (Å²) in [6.07, 6.45) is 0.843. The summed E-state index contributed by atoms with van der Waals surface area (Å²) in [5.74, 6) is 0.207. The molecule has 0 aromatic carbocycles. The first kappa shape index (κ1) is 11.3. The van der Waals surface area contributed by atoms with Gasteiger partial charge in [0.05, 0.1) is 0 Å². The quantitative estimate of drug-likeness (QED) is 0.420. The van der Waals surface area contributed by atoms with Crippen molar-refractivity contribution in [1.82, 2.24) is 5.06 Å². The zero-order chi connectivity index (χ0) is 11.0. The van der Waals surface area contributed by atoms with Gasteiger partial charge in [0.1, 0.15) is 0 Å². The van der Waals surface area contributed by atoms with Crippen LogP contribution in [0.25, 0.3) is 10.4 Å². The molecule has 0 bridgehead atoms. The maximum Gasteiger partial charge on any atom is 0.0440 e. The molecule has 1 aliphatic rings. The summed E-state index contributed by atoms with van der Waals surface area (Å²) < 4.78 is 0. The van der Waals surface area contributed by atoms with Crippen LogP contribution < -0.4 is 0 Å². The lowest BCUT2D eigenvalue weighted by Gasteiger charge is -2.35. The zero-order valence-corrected chi connectivity index (χ0v) is 9.23. The lowest BCUT2D eigenvalue weighted by Crippen LogP contribution is -2.47. The third-order valence-corrected chi connectivity index (χ3v) is 3.23. The van der Waals surface area contributed by atoms with Gasteiger partial charge in [0.25, 0.3) is 0 Å². The predicted octanol–water partition coefficient (Wildman–Crippen LogP) is 2.57. The predicted molar refractivity (Wildman–Crippen MR) is 53.9 cm³/mol. The molecule has 14 heavy (non-hydrogen) atoms. The van der Waals surface area contributed by atoms with E-state index in [-0.39, 0.29) is 17.0 Å². The van der Waals surface area contributed by atoms with Crippen molar-refractivity contribution in [1.29, 1.82) is 0 Å². The van der Waals surface area contributed by atoms with Crippen molar-refractivity contribution in [2.45, 2.75) is 45.2 Å². The second-order valence-electron chi connectivity index (χ2n) is 5.09. The van der Waals surface area contributed by atoms with Gasteiger partial charge in [0.2, 0.25) is 0 Å². The summed E-state index contributed by atoms with van der Waals surface area (Å²) in [5, 5.41) is 14.9. The lowest BCUT2D eigenvalue weighted by atomic mass is 9.87. The molecule has 5 nitrogen and oxygen atoms in total. The van der Waals surface area contributed by atoms with Crippen molar-refractivity contribution in [2.24, 2.45) is 11.0 Å². The molecular formula is C9H18N4O. The SMILES string of the molecule is CC1(C)CC(CN=[N+]=[N-])C(C)(C)N1O. The second kappa shape index (κ2) is 3.42. The number of nitrogens with zero attached hydrogens (tertiary/aromatic N) is 4. The van der Waals surface area contributed by atoms with Gasteiger partial charge in [0, 0.05) is 22.5 Å². The molecule has 0 aromatic heterocycles. The fourth-order valence-electron chi connectivity index (χ4n) is 2.32. The average Bonchev–Trinajstić information content (AvgIpc) is 2.23. The number of azide groups is 1. The summed E-state index contributed by atoms with van der Waals surface area (Å²) in [6, 6.07) is 0. The molecule has 1 rings (SSSR count). The van der Waals surface area contributed by atoms with E-state index in [1.165, 1.54) is 5.06 Å². The van der Waals surface area contributed by atoms with Gasteiger partial charge >= 0.3 is 0 Å². The molecule has 0 radical (unpaired) electrons. The van der Waals surface area contributed by atoms with E-state index >= 15 is 0 Å². The molecule has 1 heterocycles. The third-order valence-electron chi connectivity index (χ3n) is 3.23. The van der Waals surface area contributed by atoms with Crippen molar-refractivity contribution in [3.63, 3.8) is 0 Å². The Morgan fingerprint density at radius 2 is 2.07 bits per heavy atom. The molecular weight excluding hydrogens is 180 g/mol. The van der Waals surface area contributed by atoms with Crippen molar-refractivity contribution in [2.75, 3.05) is 6.54 Å². The first-order valence-corrected chi connectivity index (χ1v) is 4.82. The standard InChI is InChI=1S/C9H18N4O/c1-8(2)5-7(6-11-12-10)9(3,4)13(8)14/h7,14H,5-6H2,1-4H3. The van der Waals surface area contributed by atoms with Crippen LogP contribution in [0.4, 0.5) is 0 Å². The van der Waals surface area contributed by atoms with E-state index in [4.69, 9.17) is 5.53 Å². The van der Waals surface area contributed by atoms with E-state index in [1.807, 2.05) is 27.7 Å². The molecule has 0 spiro atoms. The van der Waals surface area contributed by atoms with Gasteiger partial charge in [-0.15, -0.1) is 0 Å². The van der Waals surface area contributed by atoms with E-state index in [0.717, 1.165) is 6.42 Å². The molecule has 0 aliphatic carbocycles. The maximum absolute atomic E-state index is 9.95. The van der Waals surface area contributed by atoms with E-state index in [1.54, 1.807) is 0 Å². The fraction of sp³-hybridized carbons (Fsp3) is 1.00. The van der Waals surface area contributed by atoms with Crippen molar-refractivity contribution < 1.29 is 5.21 Å². The van der Waals surface area contributed by atoms with Crippen LogP contribution in [0, 0.1) is 5.92 Å². The number of hydrogen-bond acceptors (Lipinski definition) is 3. The Morgan fingerprint density at radius 1 is 1.50 bits per heavy atom. The normalized spacial score (nSPS) is 29.9. The monoisotopic (exact) mass is 198 g/mol. The summed E-state index contributed by atoms with van der Waals surface area (Å²) in [7, 11) is 0. The molecule has 0 aromatic rings. The highest BCUT2D eigenvalue weighted by molar-refractivity contribution is 5.02. The molecule has 1 unspecified atom stereocenters. The van der Waals surface area contributed by atoms with Crippen LogP contribution in [0.15, 0.2) is 5.11 Å². The highest BCUT2D eigenvalue weighted by Gasteiger charge is 2.50. The highest BCUT2D eigenvalue weighted by Crippen LogP contribution is 2.43. The number of hydrogen-bond donors (Lipinski definition) is 1. The Labute approximate surface area is 84.3 Å². The van der Waals surface area contributed by atoms with Gasteiger partial charge in [-0.05, 0) is 45.6 Å². The topological polar surface area (TPSA) is 72.2 Å². The van der Waals surface area contributed by atoms with Gasteiger partial charge in [0.15, 0.2) is 0 Å². The molecule has 1 fully saturated rings. The molecule has 1 N–H and O–H groups in total. The van der Waals surface area contributed by atoms with Gasteiger partial charge in [-0.1, -0.05) is 5.11 Å². The number of hydroxylamine groups is 2. The van der Waals surface area contributed by atoms with Crippen LogP contribution in [0.1, 0.15) is 34.1 Å². The minimum atomic E-state index is -0.322. The van der Waals surface area contributed by atoms with Crippen LogP contribution in [0.2, 0.25) is 0 Å². The van der Waals surface area contributed by atoms with Crippen molar-refractivity contribution in [3.05, 3.63) is 10.4 Å². The van der Waals surface area contributed by atoms with Gasteiger partial charge in [-0.25, -0.2) is 0 Å². The summed E-state index contributed by atoms with van der Waals surface area (Å²) in [4.78, 5) is 2.76. The molecule has 80 valence electrons. The lowest BCUT2D eigenvalue weighted by molar-refractivity contribution is -0.196. The smallest absolute Gasteiger partial charge is 0.0440 e. The van der Waals surface area contributed by atoms with Crippen LogP contribution in [0.3, 0.4) is 0 Å². The van der Waals surface area contributed by atoms with E-state index < -0.39 is 0 Å². The first-order valence-electron chi connectivity index (χ1n) is 4.82. The highest BCUT2D eigenvalue weighted by atomic mass is 16.5. The minimum Gasteiger partial charge on any atom is -0.313 e. The summed E-state index contributed by atoms with van der Waals surface area (Å²) >= 11 is 0. The third kappa shape index (κ3) is 1.71. The second-order valence-corrected chi connectivity index (χ2v) is 5.09. The largest absolute Gasteiger partial charge is 0.313 e. The maximum atomic E-state index is 9.95. The molecule has 5 heteroatoms. The molecule has 0 saturated carbocycles. The van der Waals surface area contributed by atoms with Gasteiger partial charge in [-0.3, -0.25) is 0 Å². The Hall–Kier alpha value is -0.770. The Morgan fingerprint density at radius 3 is 2.43 bits per heavy atom. The van der Waals surface area contributed by atoms with Crippen LogP contribution in [-0.2, 0) is 0 Å². The Balaban J connectivity index is 2.85. The van der Waals surface area contributed by atoms with Crippen molar-refractivity contribution >= 4 is 0 Å². The average molecular weight is 198 g/mol. The summed E-state index contributed by atoms with van der Waals surface area (Å²) in [6.45, 7) is 8.37. The van der Waals surface area contributed by atoms with E-state index in [0.29, 0.717) is 6.54 Å². The zero-order valence-electron chi connectivity index (χ0n) is 9.23. The van der Waals surface area contributed by atoms with Gasteiger partial charge in [-0.2, -0.15) is 5.06 Å². The van der Waals surface area contributed by atoms with Crippen LogP contribution in [-0.4, -0.2) is 27.9 Å². The molecule has 1 aliphatic heterocycles.